The van der Waals surface area contributed by atoms with Gasteiger partial charge < -0.3 is 14.8 Å². The summed E-state index contributed by atoms with van der Waals surface area (Å²) in [6, 6.07) is 12.5. The summed E-state index contributed by atoms with van der Waals surface area (Å²) in [5, 5.41) is 6.74. The van der Waals surface area contributed by atoms with E-state index in [0.29, 0.717) is 17.2 Å². The van der Waals surface area contributed by atoms with Crippen molar-refractivity contribution in [3.8, 4) is 17.2 Å². The minimum atomic E-state index is -0.658. The van der Waals surface area contributed by atoms with Gasteiger partial charge in [0.05, 0.1) is 14.2 Å². The van der Waals surface area contributed by atoms with Crippen LogP contribution in [-0.4, -0.2) is 29.9 Å². The van der Waals surface area contributed by atoms with Crippen molar-refractivity contribution in [2.24, 2.45) is 0 Å². The first kappa shape index (κ1) is 20.1. The first-order valence-electron chi connectivity index (χ1n) is 8.79. The van der Waals surface area contributed by atoms with E-state index in [1.165, 1.54) is 37.1 Å². The van der Waals surface area contributed by atoms with E-state index in [1.807, 2.05) is 0 Å². The number of para-hydroxylation sites is 1. The van der Waals surface area contributed by atoms with Crippen LogP contribution in [0.1, 0.15) is 21.7 Å². The molecule has 0 saturated carbocycles. The van der Waals surface area contributed by atoms with E-state index in [4.69, 9.17) is 9.47 Å². The van der Waals surface area contributed by atoms with Gasteiger partial charge in [-0.2, -0.15) is 5.10 Å². The van der Waals surface area contributed by atoms with E-state index < -0.39 is 17.2 Å². The quantitative estimate of drug-likeness (QED) is 0.692. The van der Waals surface area contributed by atoms with Crippen LogP contribution in [0, 0.1) is 12.7 Å². The zero-order valence-electron chi connectivity index (χ0n) is 16.2. The van der Waals surface area contributed by atoms with E-state index in [0.717, 1.165) is 5.56 Å². The number of hydrogen-bond donors (Lipinski definition) is 1. The standard InChI is InChI=1S/C21H20FN3O4/c1-13-10-17(26)20(24-25(13)16-7-5-4-6-15(16)22)21(27)23-12-14-8-9-18(28-2)19(11-14)29-3/h4-11H,12H2,1-3H3,(H,23,27). The zero-order chi connectivity index (χ0) is 21.0. The molecule has 0 atom stereocenters. The molecule has 3 aromatic rings. The number of aryl methyl sites for hydroxylation is 1. The Balaban J connectivity index is 1.85. The van der Waals surface area contributed by atoms with Gasteiger partial charge in [0, 0.05) is 18.3 Å². The van der Waals surface area contributed by atoms with Gasteiger partial charge in [0.2, 0.25) is 5.43 Å². The highest BCUT2D eigenvalue weighted by molar-refractivity contribution is 5.92. The fourth-order valence-electron chi connectivity index (χ4n) is 2.83. The van der Waals surface area contributed by atoms with Gasteiger partial charge in [-0.1, -0.05) is 18.2 Å². The summed E-state index contributed by atoms with van der Waals surface area (Å²) in [7, 11) is 3.05. The van der Waals surface area contributed by atoms with Crippen molar-refractivity contribution >= 4 is 5.91 Å². The molecule has 0 radical (unpaired) electrons. The number of methoxy groups -OCH3 is 2. The van der Waals surface area contributed by atoms with Crippen molar-refractivity contribution in [1.82, 2.24) is 15.1 Å². The maximum Gasteiger partial charge on any atom is 0.276 e. The Labute approximate surface area is 166 Å². The van der Waals surface area contributed by atoms with Crippen molar-refractivity contribution < 1.29 is 18.7 Å². The van der Waals surface area contributed by atoms with Crippen LogP contribution in [0.4, 0.5) is 4.39 Å². The van der Waals surface area contributed by atoms with Crippen LogP contribution in [0.3, 0.4) is 0 Å². The Morgan fingerprint density at radius 1 is 1.10 bits per heavy atom. The van der Waals surface area contributed by atoms with Crippen LogP contribution in [0.2, 0.25) is 0 Å². The molecule has 0 aliphatic rings. The van der Waals surface area contributed by atoms with Crippen molar-refractivity contribution in [2.75, 3.05) is 14.2 Å². The minimum absolute atomic E-state index is 0.147. The summed E-state index contributed by atoms with van der Waals surface area (Å²) in [4.78, 5) is 24.8. The predicted octanol–water partition coefficient (Wildman–Crippen LogP) is 2.63. The predicted molar refractivity (Wildman–Crippen MR) is 105 cm³/mol. The normalized spacial score (nSPS) is 10.5. The Hall–Kier alpha value is -3.68. The lowest BCUT2D eigenvalue weighted by molar-refractivity contribution is 0.0943. The molecule has 0 aliphatic carbocycles. The number of hydrogen-bond acceptors (Lipinski definition) is 5. The number of rotatable bonds is 6. The van der Waals surface area contributed by atoms with Crippen LogP contribution in [-0.2, 0) is 6.54 Å². The molecule has 0 saturated heterocycles. The summed E-state index contributed by atoms with van der Waals surface area (Å²) >= 11 is 0. The molecular formula is C21H20FN3O4. The van der Waals surface area contributed by atoms with Crippen molar-refractivity contribution in [2.45, 2.75) is 13.5 Å². The van der Waals surface area contributed by atoms with Crippen LogP contribution in [0.15, 0.2) is 53.3 Å². The highest BCUT2D eigenvalue weighted by atomic mass is 19.1. The average molecular weight is 397 g/mol. The molecule has 1 heterocycles. The first-order chi connectivity index (χ1) is 13.9. The van der Waals surface area contributed by atoms with Crippen molar-refractivity contribution in [1.29, 1.82) is 0 Å². The topological polar surface area (TPSA) is 82.5 Å². The van der Waals surface area contributed by atoms with Gasteiger partial charge in [0.1, 0.15) is 11.5 Å². The number of benzene rings is 2. The summed E-state index contributed by atoms with van der Waals surface area (Å²) in [5.74, 6) is -0.0801. The average Bonchev–Trinajstić information content (AvgIpc) is 2.72. The second-order valence-electron chi connectivity index (χ2n) is 6.23. The molecule has 1 amide bonds. The number of amides is 1. The smallest absolute Gasteiger partial charge is 0.276 e. The lowest BCUT2D eigenvalue weighted by atomic mass is 10.2. The van der Waals surface area contributed by atoms with E-state index in [9.17, 15) is 14.0 Å². The molecule has 1 N–H and O–H groups in total. The Bertz CT molecular complexity index is 1110. The van der Waals surface area contributed by atoms with Crippen molar-refractivity contribution in [3.05, 3.63) is 81.5 Å². The first-order valence-corrected chi connectivity index (χ1v) is 8.79. The Kier molecular flexibility index (Phi) is 5.92. The third-order valence-electron chi connectivity index (χ3n) is 4.30. The molecule has 8 heteroatoms. The molecule has 0 fully saturated rings. The molecule has 150 valence electrons. The lowest BCUT2D eigenvalue weighted by Gasteiger charge is -2.12. The van der Waals surface area contributed by atoms with Crippen LogP contribution in [0.25, 0.3) is 5.69 Å². The third-order valence-corrected chi connectivity index (χ3v) is 4.30. The molecule has 1 aromatic heterocycles. The molecule has 0 aliphatic heterocycles. The number of carbonyl (C=O) groups is 1. The number of ether oxygens (including phenoxy) is 2. The number of aromatic nitrogens is 2. The second kappa shape index (κ2) is 8.55. The van der Waals surface area contributed by atoms with Gasteiger partial charge in [0.15, 0.2) is 17.2 Å². The van der Waals surface area contributed by atoms with E-state index in [1.54, 1.807) is 37.3 Å². The van der Waals surface area contributed by atoms with E-state index in [-0.39, 0.29) is 17.9 Å². The summed E-state index contributed by atoms with van der Waals surface area (Å²) < 4.78 is 25.8. The number of carbonyl (C=O) groups excluding carboxylic acids is 1. The number of halogens is 1. The second-order valence-corrected chi connectivity index (χ2v) is 6.23. The highest BCUT2D eigenvalue weighted by Crippen LogP contribution is 2.27. The van der Waals surface area contributed by atoms with Gasteiger partial charge in [-0.3, -0.25) is 9.59 Å². The van der Waals surface area contributed by atoms with Gasteiger partial charge in [-0.15, -0.1) is 0 Å². The van der Waals surface area contributed by atoms with Crippen LogP contribution in [0.5, 0.6) is 11.5 Å². The fourth-order valence-corrected chi connectivity index (χ4v) is 2.83. The molecule has 0 bridgehead atoms. The monoisotopic (exact) mass is 397 g/mol. The lowest BCUT2D eigenvalue weighted by Crippen LogP contribution is -2.31. The Morgan fingerprint density at radius 2 is 1.83 bits per heavy atom. The molecule has 0 unspecified atom stereocenters. The molecule has 2 aromatic carbocycles. The zero-order valence-corrected chi connectivity index (χ0v) is 16.2. The van der Waals surface area contributed by atoms with E-state index >= 15 is 0 Å². The Morgan fingerprint density at radius 3 is 2.52 bits per heavy atom. The van der Waals surface area contributed by atoms with E-state index in [2.05, 4.69) is 10.4 Å². The molecule has 29 heavy (non-hydrogen) atoms. The van der Waals surface area contributed by atoms with Crippen molar-refractivity contribution in [3.63, 3.8) is 0 Å². The van der Waals surface area contributed by atoms with Gasteiger partial charge >= 0.3 is 0 Å². The van der Waals surface area contributed by atoms with Gasteiger partial charge in [0.25, 0.3) is 5.91 Å². The van der Waals surface area contributed by atoms with Crippen LogP contribution < -0.4 is 20.2 Å². The summed E-state index contributed by atoms with van der Waals surface area (Å²) in [5.41, 5.74) is 0.451. The fraction of sp³-hybridized carbons (Fsp3) is 0.190. The van der Waals surface area contributed by atoms with Gasteiger partial charge in [-0.25, -0.2) is 9.07 Å². The number of nitrogens with one attached hydrogen (secondary N) is 1. The van der Waals surface area contributed by atoms with Crippen LogP contribution >= 0.6 is 0 Å². The molecular weight excluding hydrogens is 377 g/mol. The molecule has 3 rings (SSSR count). The molecule has 0 spiro atoms. The number of nitrogens with zero attached hydrogens (tertiary/aromatic N) is 2. The summed E-state index contributed by atoms with van der Waals surface area (Å²) in [6.07, 6.45) is 0. The minimum Gasteiger partial charge on any atom is -0.493 e. The maximum atomic E-state index is 14.1. The SMILES string of the molecule is COc1ccc(CNC(=O)c2nn(-c3ccccc3F)c(C)cc2=O)cc1OC. The maximum absolute atomic E-state index is 14.1. The summed E-state index contributed by atoms with van der Waals surface area (Å²) in [6.45, 7) is 1.76. The highest BCUT2D eigenvalue weighted by Gasteiger charge is 2.17. The van der Waals surface area contributed by atoms with Gasteiger partial charge in [-0.05, 0) is 36.8 Å². The third kappa shape index (κ3) is 4.26. The largest absolute Gasteiger partial charge is 0.493 e. The molecule has 7 nitrogen and oxygen atoms in total.